The van der Waals surface area contributed by atoms with Gasteiger partial charge in [0, 0.05) is 53.6 Å². The molecule has 200 valence electrons. The lowest BCUT2D eigenvalue weighted by Crippen LogP contribution is -2.41. The first-order valence-corrected chi connectivity index (χ1v) is 14.5. The van der Waals surface area contributed by atoms with Crippen molar-refractivity contribution in [2.24, 2.45) is 5.11 Å². The monoisotopic (exact) mass is 567 g/mol. The van der Waals surface area contributed by atoms with Gasteiger partial charge in [-0.2, -0.15) is 4.31 Å². The first-order chi connectivity index (χ1) is 17.8. The van der Waals surface area contributed by atoms with Crippen LogP contribution < -0.4 is 0 Å². The zero-order valence-electron chi connectivity index (χ0n) is 20.7. The molecule has 0 aromatic heterocycles. The molecule has 37 heavy (non-hydrogen) atoms. The lowest BCUT2D eigenvalue weighted by Gasteiger charge is -2.34. The third kappa shape index (κ3) is 6.96. The summed E-state index contributed by atoms with van der Waals surface area (Å²) in [7, 11) is -1.61. The Morgan fingerprint density at radius 1 is 1.14 bits per heavy atom. The second kappa shape index (κ2) is 12.8. The largest absolute Gasteiger partial charge is 0.379 e. The van der Waals surface area contributed by atoms with E-state index in [4.69, 9.17) is 38.2 Å². The second-order valence-electron chi connectivity index (χ2n) is 9.32. The van der Waals surface area contributed by atoms with Gasteiger partial charge in [-0.05, 0) is 66.4 Å². The van der Waals surface area contributed by atoms with Gasteiger partial charge in [-0.25, -0.2) is 8.42 Å². The number of nitrogens with zero attached hydrogens (tertiary/aromatic N) is 5. The number of benzene rings is 2. The summed E-state index contributed by atoms with van der Waals surface area (Å²) < 4.78 is 39.8. The predicted molar refractivity (Wildman–Crippen MR) is 144 cm³/mol. The van der Waals surface area contributed by atoms with E-state index >= 15 is 0 Å². The highest BCUT2D eigenvalue weighted by molar-refractivity contribution is 7.89. The molecule has 1 saturated heterocycles. The van der Waals surface area contributed by atoms with Gasteiger partial charge in [0.25, 0.3) is 0 Å². The van der Waals surface area contributed by atoms with Crippen molar-refractivity contribution >= 4 is 33.2 Å². The van der Waals surface area contributed by atoms with E-state index in [0.717, 1.165) is 29.8 Å². The third-order valence-electron chi connectivity index (χ3n) is 6.77. The van der Waals surface area contributed by atoms with Crippen molar-refractivity contribution in [2.75, 3.05) is 53.0 Å². The average molecular weight is 569 g/mol. The van der Waals surface area contributed by atoms with Crippen LogP contribution in [0.3, 0.4) is 0 Å². The highest BCUT2D eigenvalue weighted by atomic mass is 35.5. The van der Waals surface area contributed by atoms with Gasteiger partial charge in [-0.3, -0.25) is 0 Å². The summed E-state index contributed by atoms with van der Waals surface area (Å²) in [4.78, 5) is 5.15. The maximum Gasteiger partial charge on any atom is 0.243 e. The van der Waals surface area contributed by atoms with Gasteiger partial charge in [0.05, 0.1) is 30.8 Å². The molecule has 12 heteroatoms. The molecule has 0 amide bonds. The Bertz CT molecular complexity index is 1250. The van der Waals surface area contributed by atoms with Crippen molar-refractivity contribution in [2.45, 2.75) is 36.3 Å². The van der Waals surface area contributed by atoms with Crippen molar-refractivity contribution in [3.05, 3.63) is 73.6 Å². The molecule has 0 radical (unpaired) electrons. The fraction of sp³-hybridized carbons (Fsp3) is 0.520. The SMILES string of the molecule is CN1Cc2c(Cl)cc(Cl)cc2[C@H](c2cccc(S(=O)(=O)N3CCC(OCCOCCN=[N+]=[N-])CC3)c2)C1. The minimum Gasteiger partial charge on any atom is -0.379 e. The summed E-state index contributed by atoms with van der Waals surface area (Å²) in [6.45, 7) is 3.73. The zero-order chi connectivity index (χ0) is 26.4. The Hall–Kier alpha value is -1.88. The number of piperidine rings is 1. The molecule has 9 nitrogen and oxygen atoms in total. The Kier molecular flexibility index (Phi) is 9.72. The zero-order valence-corrected chi connectivity index (χ0v) is 23.1. The molecule has 0 spiro atoms. The van der Waals surface area contributed by atoms with Crippen molar-refractivity contribution in [1.29, 1.82) is 0 Å². The van der Waals surface area contributed by atoms with Crippen LogP contribution in [0.1, 0.15) is 35.4 Å². The van der Waals surface area contributed by atoms with E-state index in [0.29, 0.717) is 67.2 Å². The predicted octanol–water partition coefficient (Wildman–Crippen LogP) is 5.07. The first kappa shape index (κ1) is 28.1. The summed E-state index contributed by atoms with van der Waals surface area (Å²) in [6, 6.07) is 10.9. The molecule has 0 aliphatic carbocycles. The molecule has 1 atom stereocenters. The molecular weight excluding hydrogens is 537 g/mol. The maximum atomic E-state index is 13.5. The number of rotatable bonds is 10. The lowest BCUT2D eigenvalue weighted by molar-refractivity contribution is -0.0129. The van der Waals surface area contributed by atoms with E-state index in [1.807, 2.05) is 19.2 Å². The highest BCUT2D eigenvalue weighted by Gasteiger charge is 2.32. The third-order valence-corrected chi connectivity index (χ3v) is 9.22. The molecular formula is C25H31Cl2N5O4S. The second-order valence-corrected chi connectivity index (χ2v) is 12.1. The average Bonchev–Trinajstić information content (AvgIpc) is 2.88. The standard InChI is InChI=1S/C25H31Cl2N5O4S/c1-31-16-23(22-14-19(26)15-25(27)24(22)17-31)18-3-2-4-21(13-18)37(33,34)32-8-5-20(6-9-32)36-12-11-35-10-7-29-30-28/h2-4,13-15,20,23H,5-12,16-17H2,1H3/t23-/m0/s1. The van der Waals surface area contributed by atoms with Crippen LogP contribution in [0.4, 0.5) is 0 Å². The minimum absolute atomic E-state index is 0.0118. The number of likely N-dealkylation sites (N-methyl/N-ethyl adjacent to an activating group) is 1. The molecule has 0 unspecified atom stereocenters. The van der Waals surface area contributed by atoms with Gasteiger partial charge in [-0.1, -0.05) is 40.4 Å². The number of hydrogen-bond donors (Lipinski definition) is 0. The van der Waals surface area contributed by atoms with E-state index in [-0.39, 0.29) is 12.0 Å². The van der Waals surface area contributed by atoms with Crippen LogP contribution in [0.15, 0.2) is 46.4 Å². The van der Waals surface area contributed by atoms with Crippen molar-refractivity contribution in [3.63, 3.8) is 0 Å². The van der Waals surface area contributed by atoms with Crippen LogP contribution in [0.2, 0.25) is 10.0 Å². The summed E-state index contributed by atoms with van der Waals surface area (Å²) >= 11 is 12.8. The van der Waals surface area contributed by atoms with E-state index in [9.17, 15) is 8.42 Å². The minimum atomic E-state index is -3.64. The Morgan fingerprint density at radius 3 is 2.68 bits per heavy atom. The maximum absolute atomic E-state index is 13.5. The summed E-state index contributed by atoms with van der Waals surface area (Å²) in [6.07, 6.45) is 1.23. The Balaban J connectivity index is 1.40. The number of azide groups is 1. The van der Waals surface area contributed by atoms with Crippen molar-refractivity contribution in [1.82, 2.24) is 9.21 Å². The van der Waals surface area contributed by atoms with Gasteiger partial charge in [0.15, 0.2) is 0 Å². The molecule has 2 heterocycles. The number of halogens is 2. The molecule has 4 rings (SSSR count). The Morgan fingerprint density at radius 2 is 1.92 bits per heavy atom. The molecule has 2 aliphatic rings. The molecule has 2 aromatic carbocycles. The van der Waals surface area contributed by atoms with E-state index in [1.165, 1.54) is 4.31 Å². The highest BCUT2D eigenvalue weighted by Crippen LogP contribution is 2.39. The smallest absolute Gasteiger partial charge is 0.243 e. The normalized spacial score (nSPS) is 19.4. The van der Waals surface area contributed by atoms with E-state index in [2.05, 4.69) is 14.9 Å². The fourth-order valence-electron chi connectivity index (χ4n) is 4.94. The van der Waals surface area contributed by atoms with Crippen LogP contribution in [-0.2, 0) is 26.0 Å². The summed E-state index contributed by atoms with van der Waals surface area (Å²) in [5.41, 5.74) is 11.2. The number of ether oxygens (including phenoxy) is 2. The van der Waals surface area contributed by atoms with Crippen LogP contribution in [0, 0.1) is 0 Å². The lowest BCUT2D eigenvalue weighted by atomic mass is 9.85. The fourth-order valence-corrected chi connectivity index (χ4v) is 7.03. The van der Waals surface area contributed by atoms with Gasteiger partial charge < -0.3 is 14.4 Å². The molecule has 0 saturated carbocycles. The number of fused-ring (bicyclic) bond motifs is 1. The van der Waals surface area contributed by atoms with Crippen LogP contribution >= 0.6 is 23.2 Å². The first-order valence-electron chi connectivity index (χ1n) is 12.3. The van der Waals surface area contributed by atoms with Crippen LogP contribution in [0.25, 0.3) is 10.4 Å². The molecule has 0 N–H and O–H groups in total. The number of sulfonamides is 1. The van der Waals surface area contributed by atoms with E-state index < -0.39 is 10.0 Å². The molecule has 1 fully saturated rings. The Labute approximate surface area is 227 Å². The van der Waals surface area contributed by atoms with Crippen LogP contribution in [0.5, 0.6) is 0 Å². The summed E-state index contributed by atoms with van der Waals surface area (Å²) in [5.74, 6) is -0.0341. The van der Waals surface area contributed by atoms with Gasteiger partial charge >= 0.3 is 0 Å². The quantitative estimate of drug-likeness (QED) is 0.172. The van der Waals surface area contributed by atoms with Gasteiger partial charge in [-0.15, -0.1) is 0 Å². The van der Waals surface area contributed by atoms with Crippen molar-refractivity contribution < 1.29 is 17.9 Å². The van der Waals surface area contributed by atoms with Crippen LogP contribution in [-0.4, -0.2) is 76.8 Å². The topological polar surface area (TPSA) is 108 Å². The molecule has 0 bridgehead atoms. The molecule has 2 aromatic rings. The van der Waals surface area contributed by atoms with E-state index in [1.54, 1.807) is 24.3 Å². The summed E-state index contributed by atoms with van der Waals surface area (Å²) in [5, 5.41) is 4.62. The molecule has 2 aliphatic heterocycles. The van der Waals surface area contributed by atoms with Gasteiger partial charge in [0.1, 0.15) is 0 Å². The van der Waals surface area contributed by atoms with Gasteiger partial charge in [0.2, 0.25) is 10.0 Å². The van der Waals surface area contributed by atoms with Crippen molar-refractivity contribution in [3.8, 4) is 0 Å². The number of hydrogen-bond acceptors (Lipinski definition) is 6.